The Bertz CT molecular complexity index is 430. The summed E-state index contributed by atoms with van der Waals surface area (Å²) in [7, 11) is -3.22. The topological polar surface area (TPSA) is 47.0 Å². The summed E-state index contributed by atoms with van der Waals surface area (Å²) in [6, 6.07) is 3.58. The molecule has 0 aliphatic carbocycles. The maximum absolute atomic E-state index is 11.7. The van der Waals surface area contributed by atoms with Gasteiger partial charge in [-0.15, -0.1) is 0 Å². The van der Waals surface area contributed by atoms with Crippen molar-refractivity contribution >= 4 is 25.8 Å². The fourth-order valence-corrected chi connectivity index (χ4v) is 3.59. The van der Waals surface area contributed by atoms with Crippen molar-refractivity contribution in [1.82, 2.24) is 4.98 Å². The minimum Gasteiger partial charge on any atom is -0.244 e. The second-order valence-corrected chi connectivity index (χ2v) is 6.72. The van der Waals surface area contributed by atoms with Gasteiger partial charge < -0.3 is 0 Å². The third-order valence-electron chi connectivity index (χ3n) is 2.10. The number of pyridine rings is 1. The van der Waals surface area contributed by atoms with Gasteiger partial charge in [0.2, 0.25) is 9.84 Å². The minimum atomic E-state index is -3.22. The highest BCUT2D eigenvalue weighted by Gasteiger charge is 2.32. The molecule has 1 aliphatic rings. The maximum Gasteiger partial charge on any atom is 0.208 e. The Morgan fingerprint density at radius 3 is 3.08 bits per heavy atom. The third-order valence-corrected chi connectivity index (χ3v) is 5.85. The van der Waals surface area contributed by atoms with E-state index >= 15 is 0 Å². The first-order valence-electron chi connectivity index (χ1n) is 3.94. The van der Waals surface area contributed by atoms with Crippen LogP contribution in [0.15, 0.2) is 23.4 Å². The van der Waals surface area contributed by atoms with Gasteiger partial charge >= 0.3 is 0 Å². The van der Waals surface area contributed by atoms with Crippen LogP contribution in [0.5, 0.6) is 0 Å². The summed E-state index contributed by atoms with van der Waals surface area (Å²) in [5.74, 6) is 0. The van der Waals surface area contributed by atoms with Crippen LogP contribution in [0.2, 0.25) is 0 Å². The molecule has 2 rings (SSSR count). The minimum absolute atomic E-state index is 0.239. The van der Waals surface area contributed by atoms with Gasteiger partial charge in [-0.1, -0.05) is 22.0 Å². The van der Waals surface area contributed by atoms with E-state index in [1.165, 1.54) is 6.20 Å². The Morgan fingerprint density at radius 1 is 1.54 bits per heavy atom. The van der Waals surface area contributed by atoms with E-state index < -0.39 is 14.0 Å². The van der Waals surface area contributed by atoms with Crippen molar-refractivity contribution in [2.75, 3.05) is 0 Å². The number of hydrogen-bond donors (Lipinski definition) is 0. The van der Waals surface area contributed by atoms with Crippen LogP contribution in [-0.4, -0.2) is 17.6 Å². The lowest BCUT2D eigenvalue weighted by Gasteiger charge is -2.18. The highest BCUT2D eigenvalue weighted by Crippen LogP contribution is 2.30. The molecule has 3 nitrogen and oxygen atoms in total. The zero-order valence-corrected chi connectivity index (χ0v) is 9.18. The lowest BCUT2D eigenvalue weighted by molar-refractivity contribution is 0.577. The number of aromatic nitrogens is 1. The fourth-order valence-electron chi connectivity index (χ4n) is 1.42. The van der Waals surface area contributed by atoms with Crippen LogP contribution in [-0.2, 0) is 16.3 Å². The number of alkyl halides is 1. The summed E-state index contributed by atoms with van der Waals surface area (Å²) in [5, 5.41) is 0.239. The highest BCUT2D eigenvalue weighted by molar-refractivity contribution is 9.11. The van der Waals surface area contributed by atoms with Gasteiger partial charge in [0.05, 0.1) is 0 Å². The number of nitrogens with zero attached hydrogens (tertiary/aromatic N) is 1. The van der Waals surface area contributed by atoms with Crippen LogP contribution in [0, 0.1) is 0 Å². The van der Waals surface area contributed by atoms with Crippen molar-refractivity contribution in [3.8, 4) is 0 Å². The molecule has 1 aromatic rings. The van der Waals surface area contributed by atoms with Crippen LogP contribution in [0.4, 0.5) is 0 Å². The molecule has 1 atom stereocenters. The SMILES string of the molecule is O=S1(=O)c2ncccc2CCC1Br. The van der Waals surface area contributed by atoms with Gasteiger partial charge in [-0.05, 0) is 24.5 Å². The largest absolute Gasteiger partial charge is 0.244 e. The molecular formula is C8H8BrNO2S. The van der Waals surface area contributed by atoms with Gasteiger partial charge in [-0.3, -0.25) is 0 Å². The molecule has 0 bridgehead atoms. The van der Waals surface area contributed by atoms with Crippen LogP contribution in [0.3, 0.4) is 0 Å². The lowest BCUT2D eigenvalue weighted by Crippen LogP contribution is -2.23. The van der Waals surface area contributed by atoms with Crippen molar-refractivity contribution in [3.05, 3.63) is 23.9 Å². The second-order valence-electron chi connectivity index (χ2n) is 2.96. The normalized spacial score (nSPS) is 25.2. The Hall–Kier alpha value is -0.420. The zero-order valence-electron chi connectivity index (χ0n) is 6.77. The Labute approximate surface area is 85.2 Å². The summed E-state index contributed by atoms with van der Waals surface area (Å²) in [5.41, 5.74) is 0.832. The number of fused-ring (bicyclic) bond motifs is 1. The Balaban J connectivity index is 2.66. The number of sulfone groups is 1. The number of hydrogen-bond acceptors (Lipinski definition) is 3. The molecule has 1 unspecified atom stereocenters. The first-order valence-corrected chi connectivity index (χ1v) is 6.40. The van der Waals surface area contributed by atoms with Gasteiger partial charge in [0.15, 0.2) is 5.03 Å². The molecule has 0 saturated carbocycles. The smallest absolute Gasteiger partial charge is 0.208 e. The van der Waals surface area contributed by atoms with E-state index in [-0.39, 0.29) is 5.03 Å². The average molecular weight is 262 g/mol. The van der Waals surface area contributed by atoms with E-state index in [4.69, 9.17) is 0 Å². The molecule has 1 aliphatic heterocycles. The summed E-state index contributed by atoms with van der Waals surface area (Å²) in [6.07, 6.45) is 2.92. The predicted octanol–water partition coefficient (Wildman–Crippen LogP) is 1.52. The molecule has 0 aromatic carbocycles. The zero-order chi connectivity index (χ0) is 9.47. The van der Waals surface area contributed by atoms with Gasteiger partial charge in [-0.2, -0.15) is 0 Å². The van der Waals surface area contributed by atoms with E-state index in [1.54, 1.807) is 6.07 Å². The monoisotopic (exact) mass is 261 g/mol. The standard InChI is InChI=1S/C8H8BrNO2S/c9-7-4-3-6-2-1-5-10-8(6)13(7,11)12/h1-2,5,7H,3-4H2. The van der Waals surface area contributed by atoms with E-state index in [2.05, 4.69) is 20.9 Å². The number of rotatable bonds is 0. The predicted molar refractivity (Wildman–Crippen MR) is 52.5 cm³/mol. The quantitative estimate of drug-likeness (QED) is 0.666. The van der Waals surface area contributed by atoms with Crippen molar-refractivity contribution < 1.29 is 8.42 Å². The van der Waals surface area contributed by atoms with Crippen LogP contribution < -0.4 is 0 Å². The lowest BCUT2D eigenvalue weighted by atomic mass is 10.2. The van der Waals surface area contributed by atoms with Crippen molar-refractivity contribution in [1.29, 1.82) is 0 Å². The molecule has 13 heavy (non-hydrogen) atoms. The molecular weight excluding hydrogens is 254 g/mol. The van der Waals surface area contributed by atoms with E-state index in [0.717, 1.165) is 12.0 Å². The van der Waals surface area contributed by atoms with E-state index in [9.17, 15) is 8.42 Å². The number of halogens is 1. The third kappa shape index (κ3) is 1.40. The van der Waals surface area contributed by atoms with Crippen molar-refractivity contribution in [2.24, 2.45) is 0 Å². The molecule has 0 radical (unpaired) electrons. The summed E-state index contributed by atoms with van der Waals surface area (Å²) < 4.78 is 22.9. The molecule has 1 aromatic heterocycles. The van der Waals surface area contributed by atoms with Crippen LogP contribution >= 0.6 is 15.9 Å². The maximum atomic E-state index is 11.7. The molecule has 0 N–H and O–H groups in total. The van der Waals surface area contributed by atoms with Gasteiger partial charge in [0.25, 0.3) is 0 Å². The molecule has 0 spiro atoms. The van der Waals surface area contributed by atoms with Crippen LogP contribution in [0.25, 0.3) is 0 Å². The van der Waals surface area contributed by atoms with Crippen molar-refractivity contribution in [2.45, 2.75) is 22.0 Å². The Kier molecular flexibility index (Phi) is 2.15. The molecule has 5 heteroatoms. The van der Waals surface area contributed by atoms with E-state index in [1.807, 2.05) is 6.07 Å². The number of aryl methyl sites for hydroxylation is 1. The average Bonchev–Trinajstić information content (AvgIpc) is 2.13. The summed E-state index contributed by atoms with van der Waals surface area (Å²) in [4.78, 5) is 3.90. The molecule has 2 heterocycles. The summed E-state index contributed by atoms with van der Waals surface area (Å²) in [6.45, 7) is 0. The van der Waals surface area contributed by atoms with Gasteiger partial charge in [0, 0.05) is 6.20 Å². The highest BCUT2D eigenvalue weighted by atomic mass is 79.9. The van der Waals surface area contributed by atoms with E-state index in [0.29, 0.717) is 6.42 Å². The summed E-state index contributed by atoms with van der Waals surface area (Å²) >= 11 is 3.15. The second kappa shape index (κ2) is 3.06. The van der Waals surface area contributed by atoms with Crippen molar-refractivity contribution in [3.63, 3.8) is 0 Å². The molecule has 0 amide bonds. The van der Waals surface area contributed by atoms with Gasteiger partial charge in [-0.25, -0.2) is 13.4 Å². The molecule has 0 fully saturated rings. The van der Waals surface area contributed by atoms with Crippen LogP contribution in [0.1, 0.15) is 12.0 Å². The molecule has 70 valence electrons. The first-order chi connectivity index (χ1) is 6.12. The first kappa shape index (κ1) is 9.15. The van der Waals surface area contributed by atoms with Gasteiger partial charge in [0.1, 0.15) is 4.16 Å². The molecule has 0 saturated heterocycles. The Morgan fingerprint density at radius 2 is 2.31 bits per heavy atom. The fraction of sp³-hybridized carbons (Fsp3) is 0.375.